The summed E-state index contributed by atoms with van der Waals surface area (Å²) in [6.07, 6.45) is 14.4. The lowest BCUT2D eigenvalue weighted by Gasteiger charge is -2.61. The Kier molecular flexibility index (Phi) is 8.58. The molecule has 0 amide bonds. The topological polar surface area (TPSA) is 66.5 Å². The fourth-order valence-corrected chi connectivity index (χ4v) is 8.85. The molecule has 4 fully saturated rings. The van der Waals surface area contributed by atoms with Crippen molar-refractivity contribution in [3.05, 3.63) is 0 Å². The van der Waals surface area contributed by atoms with Gasteiger partial charge in [-0.1, -0.05) is 47.5 Å². The first-order valence-corrected chi connectivity index (χ1v) is 13.9. The van der Waals surface area contributed by atoms with Crippen molar-refractivity contribution < 1.29 is 10.2 Å². The van der Waals surface area contributed by atoms with E-state index >= 15 is 0 Å². The Morgan fingerprint density at radius 3 is 2.32 bits per heavy atom. The standard InChI is InChI=1S/C26H47NO2.C2H6/c1-17(16-27)6-4-5-7-22-24(29)15-23-20-9-8-18-14-19(28)10-12-25(18,2)21(20)11-13-26(22,23)3;1-2/h17-24,28-29H,4-16,27H2,1-3H3;1-2H3/t17?,18?,19?,20?,21?,22?,23?,24-,25?,26?;/m0./s1. The second-order valence-electron chi connectivity index (χ2n) is 12.2. The summed E-state index contributed by atoms with van der Waals surface area (Å²) in [4.78, 5) is 0. The highest BCUT2D eigenvalue weighted by Crippen LogP contribution is 2.67. The minimum Gasteiger partial charge on any atom is -0.393 e. The van der Waals surface area contributed by atoms with Gasteiger partial charge in [-0.3, -0.25) is 0 Å². The summed E-state index contributed by atoms with van der Waals surface area (Å²) in [6, 6.07) is 0. The van der Waals surface area contributed by atoms with Gasteiger partial charge in [0.2, 0.25) is 0 Å². The fraction of sp³-hybridized carbons (Fsp3) is 1.00. The van der Waals surface area contributed by atoms with Crippen LogP contribution in [0.15, 0.2) is 0 Å². The van der Waals surface area contributed by atoms with Crippen molar-refractivity contribution in [3.63, 3.8) is 0 Å². The predicted molar refractivity (Wildman–Crippen MR) is 131 cm³/mol. The van der Waals surface area contributed by atoms with E-state index in [2.05, 4.69) is 20.8 Å². The summed E-state index contributed by atoms with van der Waals surface area (Å²) in [5.41, 5.74) is 6.56. The predicted octanol–water partition coefficient (Wildman–Crippen LogP) is 6.16. The molecule has 0 saturated heterocycles. The second kappa shape index (κ2) is 10.4. The van der Waals surface area contributed by atoms with Crippen LogP contribution in [-0.2, 0) is 0 Å². The molecule has 10 atom stereocenters. The van der Waals surface area contributed by atoms with Crippen LogP contribution in [0.3, 0.4) is 0 Å². The third kappa shape index (κ3) is 4.76. The van der Waals surface area contributed by atoms with Crippen molar-refractivity contribution in [2.45, 2.75) is 124 Å². The number of unbranched alkanes of at least 4 members (excludes halogenated alkanes) is 1. The zero-order chi connectivity index (χ0) is 22.8. The van der Waals surface area contributed by atoms with E-state index in [0.717, 1.165) is 43.6 Å². The van der Waals surface area contributed by atoms with E-state index in [1.54, 1.807) is 0 Å². The average Bonchev–Trinajstić information content (AvgIpc) is 3.02. The average molecular weight is 436 g/mol. The molecule has 4 aliphatic carbocycles. The van der Waals surface area contributed by atoms with Gasteiger partial charge in [-0.05, 0) is 117 Å². The van der Waals surface area contributed by atoms with E-state index in [4.69, 9.17) is 5.73 Å². The van der Waals surface area contributed by atoms with Crippen LogP contribution in [0.4, 0.5) is 0 Å². The molecule has 31 heavy (non-hydrogen) atoms. The summed E-state index contributed by atoms with van der Waals surface area (Å²) < 4.78 is 0. The van der Waals surface area contributed by atoms with Gasteiger partial charge in [-0.25, -0.2) is 0 Å². The van der Waals surface area contributed by atoms with Crippen LogP contribution in [0.1, 0.15) is 112 Å². The van der Waals surface area contributed by atoms with Gasteiger partial charge in [-0.2, -0.15) is 0 Å². The summed E-state index contributed by atoms with van der Waals surface area (Å²) in [6.45, 7) is 12.1. The Balaban J connectivity index is 0.00000132. The molecule has 0 radical (unpaired) electrons. The largest absolute Gasteiger partial charge is 0.393 e. The van der Waals surface area contributed by atoms with Crippen LogP contribution in [0.5, 0.6) is 0 Å². The Morgan fingerprint density at radius 2 is 1.61 bits per heavy atom. The van der Waals surface area contributed by atoms with Crippen molar-refractivity contribution >= 4 is 0 Å². The van der Waals surface area contributed by atoms with Crippen LogP contribution in [0.2, 0.25) is 0 Å². The lowest BCUT2D eigenvalue weighted by molar-refractivity contribution is -0.127. The van der Waals surface area contributed by atoms with Gasteiger partial charge in [0.1, 0.15) is 0 Å². The van der Waals surface area contributed by atoms with Crippen molar-refractivity contribution in [2.24, 2.45) is 52.1 Å². The summed E-state index contributed by atoms with van der Waals surface area (Å²) in [5.74, 6) is 4.20. The van der Waals surface area contributed by atoms with Gasteiger partial charge in [0, 0.05) is 0 Å². The van der Waals surface area contributed by atoms with Crippen molar-refractivity contribution in [1.82, 2.24) is 0 Å². The van der Waals surface area contributed by atoms with E-state index in [1.165, 1.54) is 57.8 Å². The molecule has 4 saturated carbocycles. The molecular weight excluding hydrogens is 382 g/mol. The molecule has 0 aromatic heterocycles. The van der Waals surface area contributed by atoms with Crippen LogP contribution < -0.4 is 5.73 Å². The van der Waals surface area contributed by atoms with Crippen LogP contribution in [0.25, 0.3) is 0 Å². The van der Waals surface area contributed by atoms with Crippen molar-refractivity contribution in [3.8, 4) is 0 Å². The highest BCUT2D eigenvalue weighted by Gasteiger charge is 2.61. The highest BCUT2D eigenvalue weighted by atomic mass is 16.3. The Hall–Kier alpha value is -0.120. The molecule has 0 spiro atoms. The minimum absolute atomic E-state index is 0.0573. The zero-order valence-electron chi connectivity index (χ0n) is 21.3. The van der Waals surface area contributed by atoms with Crippen LogP contribution in [-0.4, -0.2) is 29.0 Å². The second-order valence-corrected chi connectivity index (χ2v) is 12.2. The molecule has 9 unspecified atom stereocenters. The monoisotopic (exact) mass is 435 g/mol. The maximum Gasteiger partial charge on any atom is 0.0576 e. The molecule has 4 rings (SSSR count). The third-order valence-corrected chi connectivity index (χ3v) is 10.7. The van der Waals surface area contributed by atoms with Gasteiger partial charge in [-0.15, -0.1) is 0 Å². The fourth-order valence-electron chi connectivity index (χ4n) is 8.85. The van der Waals surface area contributed by atoms with E-state index < -0.39 is 0 Å². The molecule has 0 aromatic rings. The number of hydrogen-bond acceptors (Lipinski definition) is 3. The molecule has 0 heterocycles. The minimum atomic E-state index is -0.0885. The van der Waals surface area contributed by atoms with E-state index in [9.17, 15) is 10.2 Å². The number of rotatable bonds is 6. The van der Waals surface area contributed by atoms with E-state index in [1.807, 2.05) is 13.8 Å². The highest BCUT2D eigenvalue weighted by molar-refractivity contribution is 5.10. The Morgan fingerprint density at radius 1 is 0.903 bits per heavy atom. The lowest BCUT2D eigenvalue weighted by atomic mass is 9.44. The Labute approximate surface area is 193 Å². The number of aliphatic hydroxyl groups is 2. The van der Waals surface area contributed by atoms with Crippen LogP contribution >= 0.6 is 0 Å². The summed E-state index contributed by atoms with van der Waals surface area (Å²) >= 11 is 0. The molecule has 0 aliphatic heterocycles. The molecule has 0 bridgehead atoms. The number of hydrogen-bond donors (Lipinski definition) is 3. The first-order valence-electron chi connectivity index (χ1n) is 13.9. The summed E-state index contributed by atoms with van der Waals surface area (Å²) in [5, 5.41) is 21.3. The molecule has 182 valence electrons. The SMILES string of the molecule is CC.CC(CN)CCCCC1[C@@H](O)CC2C3CCC4CC(O)CCC4(C)C3CCC21C. The molecule has 4 aliphatic rings. The molecular formula is C28H53NO2. The number of aliphatic hydroxyl groups excluding tert-OH is 2. The van der Waals surface area contributed by atoms with E-state index in [0.29, 0.717) is 28.6 Å². The summed E-state index contributed by atoms with van der Waals surface area (Å²) in [7, 11) is 0. The van der Waals surface area contributed by atoms with Gasteiger partial charge in [0.15, 0.2) is 0 Å². The van der Waals surface area contributed by atoms with Gasteiger partial charge in [0.05, 0.1) is 12.2 Å². The van der Waals surface area contributed by atoms with Crippen molar-refractivity contribution in [1.29, 1.82) is 0 Å². The smallest absolute Gasteiger partial charge is 0.0576 e. The van der Waals surface area contributed by atoms with Crippen molar-refractivity contribution in [2.75, 3.05) is 6.54 Å². The molecule has 0 aromatic carbocycles. The first-order chi connectivity index (χ1) is 14.8. The van der Waals surface area contributed by atoms with Gasteiger partial charge < -0.3 is 15.9 Å². The molecule has 4 N–H and O–H groups in total. The van der Waals surface area contributed by atoms with E-state index in [-0.39, 0.29) is 12.2 Å². The van der Waals surface area contributed by atoms with Gasteiger partial charge in [0.25, 0.3) is 0 Å². The quantitative estimate of drug-likeness (QED) is 0.438. The maximum atomic E-state index is 11.1. The zero-order valence-corrected chi connectivity index (χ0v) is 21.3. The molecule has 3 nitrogen and oxygen atoms in total. The number of nitrogens with two attached hydrogens (primary N) is 1. The first kappa shape index (κ1) is 25.5. The Bertz CT molecular complexity index is 567. The normalized spacial score (nSPS) is 47.4. The number of fused-ring (bicyclic) bond motifs is 5. The lowest BCUT2D eigenvalue weighted by Crippen LogP contribution is -2.53. The third-order valence-electron chi connectivity index (χ3n) is 10.7. The maximum absolute atomic E-state index is 11.1. The molecule has 3 heteroatoms. The van der Waals surface area contributed by atoms with Gasteiger partial charge >= 0.3 is 0 Å². The van der Waals surface area contributed by atoms with Crippen LogP contribution in [0, 0.1) is 46.3 Å².